The third kappa shape index (κ3) is 1.48. The molecule has 1 aromatic heterocycles. The van der Waals surface area contributed by atoms with Crippen molar-refractivity contribution in [3.05, 3.63) is 59.5 Å². The monoisotopic (exact) mass is 254 g/mol. The maximum atomic E-state index is 5.81. The smallest absolute Gasteiger partial charge is 0.277 e. The van der Waals surface area contributed by atoms with Crippen molar-refractivity contribution in [2.75, 3.05) is 0 Å². The molecule has 1 aliphatic heterocycles. The van der Waals surface area contributed by atoms with Gasteiger partial charge in [0.1, 0.15) is 0 Å². The van der Waals surface area contributed by atoms with Crippen molar-refractivity contribution in [2.24, 2.45) is 0 Å². The summed E-state index contributed by atoms with van der Waals surface area (Å²) in [7, 11) is 0. The highest BCUT2D eigenvalue weighted by atomic mass is 32.1. The Hall–Kier alpha value is -2.00. The number of hydrogen-bond donors (Lipinski definition) is 0. The van der Waals surface area contributed by atoms with Crippen LogP contribution in [0.5, 0.6) is 11.5 Å². The number of ether oxygens (including phenoxy) is 2. The maximum absolute atomic E-state index is 5.81. The summed E-state index contributed by atoms with van der Waals surface area (Å²) < 4.78 is 12.9. The van der Waals surface area contributed by atoms with E-state index in [1.165, 1.54) is 10.1 Å². The predicted molar refractivity (Wildman–Crippen MR) is 72.3 cm³/mol. The molecule has 2 aromatic carbocycles. The number of thiophene rings is 1. The first-order valence-electron chi connectivity index (χ1n) is 5.81. The van der Waals surface area contributed by atoms with Crippen molar-refractivity contribution in [1.82, 2.24) is 0 Å². The molecule has 0 spiro atoms. The van der Waals surface area contributed by atoms with E-state index in [1.807, 2.05) is 36.4 Å². The maximum Gasteiger partial charge on any atom is 0.277 e. The molecule has 0 aliphatic carbocycles. The Kier molecular flexibility index (Phi) is 2.08. The topological polar surface area (TPSA) is 18.5 Å². The summed E-state index contributed by atoms with van der Waals surface area (Å²) in [4.78, 5) is 1.10. The first-order chi connectivity index (χ1) is 8.90. The van der Waals surface area contributed by atoms with Crippen LogP contribution in [0, 0.1) is 0 Å². The number of fused-ring (bicyclic) bond motifs is 2. The summed E-state index contributed by atoms with van der Waals surface area (Å²) >= 11 is 1.72. The summed E-state index contributed by atoms with van der Waals surface area (Å²) in [6.45, 7) is 0. The van der Waals surface area contributed by atoms with Crippen LogP contribution in [-0.4, -0.2) is 0 Å². The molecule has 0 saturated carbocycles. The minimum Gasteiger partial charge on any atom is -0.446 e. The predicted octanol–water partition coefficient (Wildman–Crippen LogP) is 4.37. The molecule has 18 heavy (non-hydrogen) atoms. The van der Waals surface area contributed by atoms with Gasteiger partial charge in [0.25, 0.3) is 6.29 Å². The van der Waals surface area contributed by atoms with E-state index in [0.717, 1.165) is 16.4 Å². The fourth-order valence-corrected chi connectivity index (χ4v) is 3.16. The second-order valence-corrected chi connectivity index (χ2v) is 5.32. The lowest BCUT2D eigenvalue weighted by molar-refractivity contribution is 0.0521. The molecule has 4 rings (SSSR count). The van der Waals surface area contributed by atoms with Gasteiger partial charge in [-0.1, -0.05) is 30.3 Å². The molecule has 0 unspecified atom stereocenters. The average Bonchev–Trinajstić information content (AvgIpc) is 3.02. The van der Waals surface area contributed by atoms with Gasteiger partial charge in [0.05, 0.1) is 4.88 Å². The van der Waals surface area contributed by atoms with Crippen LogP contribution in [0.1, 0.15) is 11.2 Å². The van der Waals surface area contributed by atoms with Gasteiger partial charge in [0.2, 0.25) is 0 Å². The zero-order valence-electron chi connectivity index (χ0n) is 9.50. The number of benzene rings is 2. The van der Waals surface area contributed by atoms with Crippen LogP contribution >= 0.6 is 11.3 Å². The molecule has 3 aromatic rings. The van der Waals surface area contributed by atoms with Gasteiger partial charge in [-0.15, -0.1) is 11.3 Å². The highest BCUT2D eigenvalue weighted by Gasteiger charge is 2.26. The van der Waals surface area contributed by atoms with E-state index in [0.29, 0.717) is 0 Å². The second kappa shape index (κ2) is 3.75. The standard InChI is InChI=1S/C15H10O2S/c1-4-8-13-10(5-1)9-14(18-13)15-16-11-6-2-3-7-12(11)17-15/h1-9,15H. The van der Waals surface area contributed by atoms with Crippen LogP contribution in [0.4, 0.5) is 0 Å². The van der Waals surface area contributed by atoms with Crippen molar-refractivity contribution < 1.29 is 9.47 Å². The Morgan fingerprint density at radius 2 is 1.50 bits per heavy atom. The summed E-state index contributed by atoms with van der Waals surface area (Å²) in [6, 6.07) is 18.2. The molecule has 1 aliphatic rings. The molecule has 3 heteroatoms. The minimum atomic E-state index is -0.306. The third-order valence-electron chi connectivity index (χ3n) is 2.99. The lowest BCUT2D eigenvalue weighted by atomic mass is 10.2. The number of rotatable bonds is 1. The molecule has 0 saturated heterocycles. The summed E-state index contributed by atoms with van der Waals surface area (Å²) in [5.41, 5.74) is 0. The summed E-state index contributed by atoms with van der Waals surface area (Å²) in [5.74, 6) is 1.64. The molecule has 0 atom stereocenters. The Balaban J connectivity index is 1.73. The molecule has 2 heterocycles. The molecule has 0 fully saturated rings. The molecule has 2 nitrogen and oxygen atoms in total. The van der Waals surface area contributed by atoms with Crippen LogP contribution in [0.15, 0.2) is 54.6 Å². The van der Waals surface area contributed by atoms with Gasteiger partial charge >= 0.3 is 0 Å². The van der Waals surface area contributed by atoms with Crippen LogP contribution < -0.4 is 9.47 Å². The van der Waals surface area contributed by atoms with Gasteiger partial charge in [-0.25, -0.2) is 0 Å². The summed E-state index contributed by atoms with van der Waals surface area (Å²) in [5, 5.41) is 1.24. The number of para-hydroxylation sites is 2. The average molecular weight is 254 g/mol. The van der Waals surface area contributed by atoms with Crippen molar-refractivity contribution >= 4 is 21.4 Å². The van der Waals surface area contributed by atoms with E-state index in [9.17, 15) is 0 Å². The Morgan fingerprint density at radius 1 is 0.833 bits per heavy atom. The van der Waals surface area contributed by atoms with Gasteiger partial charge < -0.3 is 9.47 Å². The fourth-order valence-electron chi connectivity index (χ4n) is 2.13. The second-order valence-electron chi connectivity index (χ2n) is 4.20. The van der Waals surface area contributed by atoms with E-state index >= 15 is 0 Å². The Bertz CT molecular complexity index is 659. The third-order valence-corrected chi connectivity index (χ3v) is 4.13. The summed E-state index contributed by atoms with van der Waals surface area (Å²) in [6.07, 6.45) is -0.306. The van der Waals surface area contributed by atoms with Crippen LogP contribution in [0.2, 0.25) is 0 Å². The van der Waals surface area contributed by atoms with Crippen molar-refractivity contribution in [2.45, 2.75) is 6.29 Å². The Labute approximate surface area is 108 Å². The van der Waals surface area contributed by atoms with Crippen molar-refractivity contribution in [1.29, 1.82) is 0 Å². The number of hydrogen-bond acceptors (Lipinski definition) is 3. The van der Waals surface area contributed by atoms with Gasteiger partial charge in [0.15, 0.2) is 11.5 Å². The fraction of sp³-hybridized carbons (Fsp3) is 0.0667. The largest absolute Gasteiger partial charge is 0.446 e. The molecular weight excluding hydrogens is 244 g/mol. The molecule has 0 bridgehead atoms. The molecular formula is C15H10O2S. The molecule has 0 N–H and O–H groups in total. The first-order valence-corrected chi connectivity index (χ1v) is 6.63. The van der Waals surface area contributed by atoms with E-state index in [2.05, 4.69) is 18.2 Å². The molecule has 0 amide bonds. The van der Waals surface area contributed by atoms with Gasteiger partial charge in [0, 0.05) is 4.70 Å². The van der Waals surface area contributed by atoms with Gasteiger partial charge in [-0.05, 0) is 29.7 Å². The van der Waals surface area contributed by atoms with Crippen LogP contribution in [0.25, 0.3) is 10.1 Å². The zero-order chi connectivity index (χ0) is 11.9. The van der Waals surface area contributed by atoms with Gasteiger partial charge in [-0.3, -0.25) is 0 Å². The lowest BCUT2D eigenvalue weighted by Gasteiger charge is -2.06. The van der Waals surface area contributed by atoms with E-state index in [-0.39, 0.29) is 6.29 Å². The van der Waals surface area contributed by atoms with Crippen LogP contribution in [0.3, 0.4) is 0 Å². The minimum absolute atomic E-state index is 0.306. The van der Waals surface area contributed by atoms with E-state index < -0.39 is 0 Å². The SMILES string of the molecule is c1ccc2c(c1)OC(c1cc3ccccc3s1)O2. The van der Waals surface area contributed by atoms with Crippen molar-refractivity contribution in [3.8, 4) is 11.5 Å². The van der Waals surface area contributed by atoms with E-state index in [1.54, 1.807) is 11.3 Å². The molecule has 0 radical (unpaired) electrons. The highest BCUT2D eigenvalue weighted by molar-refractivity contribution is 7.19. The lowest BCUT2D eigenvalue weighted by Crippen LogP contribution is -2.05. The highest BCUT2D eigenvalue weighted by Crippen LogP contribution is 2.42. The van der Waals surface area contributed by atoms with Crippen LogP contribution in [-0.2, 0) is 0 Å². The van der Waals surface area contributed by atoms with Crippen molar-refractivity contribution in [3.63, 3.8) is 0 Å². The normalized spacial score (nSPS) is 14.2. The Morgan fingerprint density at radius 3 is 2.22 bits per heavy atom. The first kappa shape index (κ1) is 9.97. The van der Waals surface area contributed by atoms with Gasteiger partial charge in [-0.2, -0.15) is 0 Å². The van der Waals surface area contributed by atoms with E-state index in [4.69, 9.17) is 9.47 Å². The molecule has 88 valence electrons. The quantitative estimate of drug-likeness (QED) is 0.642. The zero-order valence-corrected chi connectivity index (χ0v) is 10.3.